The third-order valence-electron chi connectivity index (χ3n) is 1.69. The lowest BCUT2D eigenvalue weighted by Gasteiger charge is -1.92. The molecule has 0 saturated carbocycles. The fraction of sp³-hybridized carbons (Fsp3) is 0.364. The fourth-order valence-electron chi connectivity index (χ4n) is 0.727. The van der Waals surface area contributed by atoms with E-state index in [4.69, 9.17) is 23.2 Å². The van der Waals surface area contributed by atoms with Crippen LogP contribution in [0.3, 0.4) is 0 Å². The average molecular weight is 251 g/mol. The predicted molar refractivity (Wildman–Crippen MR) is 62.0 cm³/mol. The summed E-state index contributed by atoms with van der Waals surface area (Å²) >= 11 is 10.8. The summed E-state index contributed by atoms with van der Waals surface area (Å²) in [5, 5.41) is 0.232. The third-order valence-corrected chi connectivity index (χ3v) is 2.49. The molecule has 0 saturated heterocycles. The molecule has 0 heterocycles. The van der Waals surface area contributed by atoms with Crippen LogP contribution in [-0.2, 0) is 4.79 Å². The zero-order valence-electron chi connectivity index (χ0n) is 8.69. The number of carbonyl (C=O) groups is 1. The van der Waals surface area contributed by atoms with Gasteiger partial charge in [-0.05, 0) is 12.1 Å². The Labute approximate surface area is 99.2 Å². The Morgan fingerprint density at radius 3 is 2.07 bits per heavy atom. The normalized spacial score (nSPS) is 9.13. The minimum atomic E-state index is -0.482. The molecule has 0 spiro atoms. The SMILES string of the molecule is CCC(=O)CC.Fc1cccc(Cl)c1Cl. The molecule has 4 heteroatoms. The maximum absolute atomic E-state index is 12.4. The molecule has 0 aromatic heterocycles. The molecule has 1 rings (SSSR count). The Morgan fingerprint density at radius 1 is 1.27 bits per heavy atom. The molecule has 1 aromatic carbocycles. The molecule has 0 fully saturated rings. The molecule has 0 bridgehead atoms. The molecule has 15 heavy (non-hydrogen) atoms. The van der Waals surface area contributed by atoms with Crippen LogP contribution < -0.4 is 0 Å². The second-order valence-electron chi connectivity index (χ2n) is 2.78. The standard InChI is InChI=1S/C6H3Cl2F.C5H10O/c7-4-2-1-3-5(9)6(4)8;1-3-5(6)4-2/h1-3H;3-4H2,1-2H3. The molecule has 0 aliphatic rings. The van der Waals surface area contributed by atoms with E-state index in [1.54, 1.807) is 0 Å². The second-order valence-corrected chi connectivity index (χ2v) is 3.57. The summed E-state index contributed by atoms with van der Waals surface area (Å²) in [6, 6.07) is 4.30. The van der Waals surface area contributed by atoms with Gasteiger partial charge in [0.25, 0.3) is 0 Å². The van der Waals surface area contributed by atoms with Gasteiger partial charge in [-0.15, -0.1) is 0 Å². The molecule has 0 atom stereocenters. The van der Waals surface area contributed by atoms with E-state index in [9.17, 15) is 9.18 Å². The van der Waals surface area contributed by atoms with Crippen molar-refractivity contribution in [2.45, 2.75) is 26.7 Å². The van der Waals surface area contributed by atoms with Crippen LogP contribution in [0.15, 0.2) is 18.2 Å². The molecule has 0 radical (unpaired) electrons. The minimum Gasteiger partial charge on any atom is -0.300 e. The van der Waals surface area contributed by atoms with Crippen LogP contribution in [0, 0.1) is 5.82 Å². The summed E-state index contributed by atoms with van der Waals surface area (Å²) in [5.74, 6) is -0.140. The number of Topliss-reactive ketones (excluding diaryl/α,β-unsaturated/α-hetero) is 1. The van der Waals surface area contributed by atoms with Gasteiger partial charge in [-0.25, -0.2) is 4.39 Å². The van der Waals surface area contributed by atoms with E-state index in [0.29, 0.717) is 18.6 Å². The van der Waals surface area contributed by atoms with Crippen molar-refractivity contribution in [1.29, 1.82) is 0 Å². The summed E-state index contributed by atoms with van der Waals surface area (Å²) in [6.07, 6.45) is 1.38. The van der Waals surface area contributed by atoms with Gasteiger partial charge in [-0.2, -0.15) is 0 Å². The van der Waals surface area contributed by atoms with Crippen molar-refractivity contribution in [3.8, 4) is 0 Å². The number of hydrogen-bond donors (Lipinski definition) is 0. The Morgan fingerprint density at radius 2 is 1.80 bits per heavy atom. The van der Waals surface area contributed by atoms with Gasteiger partial charge >= 0.3 is 0 Å². The Hall–Kier alpha value is -0.600. The van der Waals surface area contributed by atoms with Gasteiger partial charge in [-0.1, -0.05) is 43.1 Å². The third kappa shape index (κ3) is 5.75. The molecule has 1 nitrogen and oxygen atoms in total. The van der Waals surface area contributed by atoms with E-state index in [1.165, 1.54) is 18.2 Å². The highest BCUT2D eigenvalue weighted by Gasteiger charge is 2.00. The van der Waals surface area contributed by atoms with E-state index in [-0.39, 0.29) is 10.0 Å². The topological polar surface area (TPSA) is 17.1 Å². The predicted octanol–water partition coefficient (Wildman–Crippen LogP) is 4.51. The van der Waals surface area contributed by atoms with Gasteiger partial charge in [0.05, 0.1) is 10.0 Å². The molecular formula is C11H13Cl2FO. The summed E-state index contributed by atoms with van der Waals surface area (Å²) in [7, 11) is 0. The molecule has 0 aliphatic heterocycles. The lowest BCUT2D eigenvalue weighted by molar-refractivity contribution is -0.118. The van der Waals surface area contributed by atoms with Crippen molar-refractivity contribution in [2.75, 3.05) is 0 Å². The summed E-state index contributed by atoms with van der Waals surface area (Å²) < 4.78 is 12.4. The number of rotatable bonds is 2. The zero-order valence-corrected chi connectivity index (χ0v) is 10.2. The number of halogens is 3. The van der Waals surface area contributed by atoms with Crippen LogP contribution in [0.2, 0.25) is 10.0 Å². The van der Waals surface area contributed by atoms with E-state index < -0.39 is 5.82 Å². The van der Waals surface area contributed by atoms with Gasteiger partial charge in [0.1, 0.15) is 11.6 Å². The molecular weight excluding hydrogens is 238 g/mol. The van der Waals surface area contributed by atoms with Gasteiger partial charge in [-0.3, -0.25) is 4.79 Å². The van der Waals surface area contributed by atoms with Gasteiger partial charge in [0.15, 0.2) is 0 Å². The highest BCUT2D eigenvalue weighted by Crippen LogP contribution is 2.23. The van der Waals surface area contributed by atoms with E-state index in [2.05, 4.69) is 0 Å². The first-order valence-corrected chi connectivity index (χ1v) is 5.39. The smallest absolute Gasteiger partial charge is 0.143 e. The number of hydrogen-bond acceptors (Lipinski definition) is 1. The number of ketones is 1. The first-order valence-electron chi connectivity index (χ1n) is 4.64. The number of benzene rings is 1. The Balaban J connectivity index is 0.000000288. The second kappa shape index (κ2) is 7.66. The number of carbonyl (C=O) groups excluding carboxylic acids is 1. The fourth-order valence-corrected chi connectivity index (χ4v) is 1.02. The maximum atomic E-state index is 12.4. The molecule has 84 valence electrons. The molecule has 0 unspecified atom stereocenters. The van der Waals surface area contributed by atoms with Crippen molar-refractivity contribution in [1.82, 2.24) is 0 Å². The maximum Gasteiger partial charge on any atom is 0.143 e. The van der Waals surface area contributed by atoms with E-state index in [0.717, 1.165) is 0 Å². The van der Waals surface area contributed by atoms with Crippen molar-refractivity contribution in [3.05, 3.63) is 34.1 Å². The zero-order chi connectivity index (χ0) is 11.8. The van der Waals surface area contributed by atoms with Crippen molar-refractivity contribution < 1.29 is 9.18 Å². The van der Waals surface area contributed by atoms with E-state index in [1.807, 2.05) is 13.8 Å². The van der Waals surface area contributed by atoms with Crippen LogP contribution >= 0.6 is 23.2 Å². The average Bonchev–Trinajstić information content (AvgIpc) is 2.25. The monoisotopic (exact) mass is 250 g/mol. The summed E-state index contributed by atoms with van der Waals surface area (Å²) in [5.41, 5.74) is 0. The molecule has 0 aliphatic carbocycles. The summed E-state index contributed by atoms with van der Waals surface area (Å²) in [6.45, 7) is 3.76. The molecule has 1 aromatic rings. The van der Waals surface area contributed by atoms with Crippen molar-refractivity contribution >= 4 is 29.0 Å². The minimum absolute atomic E-state index is 0.0147. The summed E-state index contributed by atoms with van der Waals surface area (Å²) in [4.78, 5) is 10.2. The first kappa shape index (κ1) is 14.4. The van der Waals surface area contributed by atoms with Gasteiger partial charge in [0, 0.05) is 12.8 Å². The van der Waals surface area contributed by atoms with Crippen LogP contribution in [0.1, 0.15) is 26.7 Å². The van der Waals surface area contributed by atoms with Crippen LogP contribution in [-0.4, -0.2) is 5.78 Å². The lowest BCUT2D eigenvalue weighted by Crippen LogP contribution is -1.88. The van der Waals surface area contributed by atoms with Crippen LogP contribution in [0.4, 0.5) is 4.39 Å². The Kier molecular flexibility index (Phi) is 7.35. The lowest BCUT2D eigenvalue weighted by atomic mass is 10.3. The molecule has 0 amide bonds. The first-order chi connectivity index (χ1) is 7.02. The van der Waals surface area contributed by atoms with E-state index >= 15 is 0 Å². The molecule has 0 N–H and O–H groups in total. The van der Waals surface area contributed by atoms with Crippen LogP contribution in [0.25, 0.3) is 0 Å². The van der Waals surface area contributed by atoms with Crippen molar-refractivity contribution in [3.63, 3.8) is 0 Å². The van der Waals surface area contributed by atoms with Crippen LogP contribution in [0.5, 0.6) is 0 Å². The van der Waals surface area contributed by atoms with Crippen molar-refractivity contribution in [2.24, 2.45) is 0 Å². The highest BCUT2D eigenvalue weighted by atomic mass is 35.5. The largest absolute Gasteiger partial charge is 0.300 e. The Bertz CT molecular complexity index is 300. The highest BCUT2D eigenvalue weighted by molar-refractivity contribution is 6.42. The quantitative estimate of drug-likeness (QED) is 0.707. The van der Waals surface area contributed by atoms with Gasteiger partial charge < -0.3 is 0 Å². The van der Waals surface area contributed by atoms with Gasteiger partial charge in [0.2, 0.25) is 0 Å².